The quantitative estimate of drug-likeness (QED) is 0.867. The van der Waals surface area contributed by atoms with Gasteiger partial charge in [0.25, 0.3) is 10.0 Å². The lowest BCUT2D eigenvalue weighted by Crippen LogP contribution is -2.28. The van der Waals surface area contributed by atoms with Crippen molar-refractivity contribution in [3.05, 3.63) is 48.4 Å². The molecule has 1 aromatic heterocycles. The van der Waals surface area contributed by atoms with Crippen molar-refractivity contribution in [2.24, 2.45) is 0 Å². The second kappa shape index (κ2) is 4.85. The van der Waals surface area contributed by atoms with Crippen LogP contribution in [0.2, 0.25) is 0 Å². The molecular weight excluding hydrogens is 269 g/mol. The van der Waals surface area contributed by atoms with Crippen molar-refractivity contribution >= 4 is 21.4 Å². The molecule has 0 aliphatic rings. The number of sulfonamides is 1. The molecule has 0 aliphatic heterocycles. The number of nitrogen functional groups attached to an aromatic ring is 1. The van der Waals surface area contributed by atoms with Gasteiger partial charge in [0, 0.05) is 18.9 Å². The van der Waals surface area contributed by atoms with Gasteiger partial charge < -0.3 is 5.73 Å². The summed E-state index contributed by atoms with van der Waals surface area (Å²) in [5.41, 5.74) is 6.35. The third-order valence-electron chi connectivity index (χ3n) is 2.56. The minimum atomic E-state index is -4.05. The minimum Gasteiger partial charge on any atom is -0.399 e. The Morgan fingerprint density at radius 2 is 2.00 bits per heavy atom. The fourth-order valence-corrected chi connectivity index (χ4v) is 2.71. The van der Waals surface area contributed by atoms with Gasteiger partial charge in [0.05, 0.1) is 5.69 Å². The summed E-state index contributed by atoms with van der Waals surface area (Å²) >= 11 is 0. The van der Waals surface area contributed by atoms with Crippen molar-refractivity contribution in [2.45, 2.75) is 5.03 Å². The Bertz CT molecular complexity index is 704. The zero-order valence-electron chi connectivity index (χ0n) is 10.1. The van der Waals surface area contributed by atoms with Crippen LogP contribution in [0.5, 0.6) is 0 Å². The number of benzene rings is 1. The van der Waals surface area contributed by atoms with Crippen LogP contribution in [-0.2, 0) is 10.0 Å². The Morgan fingerprint density at radius 1 is 1.26 bits per heavy atom. The van der Waals surface area contributed by atoms with E-state index in [0.29, 0.717) is 11.4 Å². The van der Waals surface area contributed by atoms with E-state index in [2.05, 4.69) is 4.98 Å². The van der Waals surface area contributed by atoms with Gasteiger partial charge in [-0.25, -0.2) is 9.37 Å². The first-order valence-electron chi connectivity index (χ1n) is 5.38. The highest BCUT2D eigenvalue weighted by molar-refractivity contribution is 7.92. The number of rotatable bonds is 3. The molecule has 0 saturated carbocycles. The third-order valence-corrected chi connectivity index (χ3v) is 4.28. The van der Waals surface area contributed by atoms with Gasteiger partial charge >= 0.3 is 0 Å². The van der Waals surface area contributed by atoms with Crippen molar-refractivity contribution in [3.63, 3.8) is 0 Å². The summed E-state index contributed by atoms with van der Waals surface area (Å²) < 4.78 is 39.0. The van der Waals surface area contributed by atoms with E-state index in [4.69, 9.17) is 5.73 Å². The van der Waals surface area contributed by atoms with E-state index >= 15 is 0 Å². The lowest BCUT2D eigenvalue weighted by atomic mass is 10.3. The molecule has 2 N–H and O–H groups in total. The summed E-state index contributed by atoms with van der Waals surface area (Å²) in [4.78, 5) is 3.58. The lowest BCUT2D eigenvalue weighted by Gasteiger charge is -2.19. The Morgan fingerprint density at radius 3 is 2.63 bits per heavy atom. The van der Waals surface area contributed by atoms with E-state index in [9.17, 15) is 12.8 Å². The van der Waals surface area contributed by atoms with E-state index < -0.39 is 20.9 Å². The van der Waals surface area contributed by atoms with E-state index in [1.54, 1.807) is 18.2 Å². The van der Waals surface area contributed by atoms with Crippen LogP contribution in [0.25, 0.3) is 0 Å². The molecule has 0 fully saturated rings. The molecule has 0 aliphatic carbocycles. The van der Waals surface area contributed by atoms with Crippen molar-refractivity contribution in [1.29, 1.82) is 0 Å². The minimum absolute atomic E-state index is 0.338. The van der Waals surface area contributed by atoms with Crippen molar-refractivity contribution < 1.29 is 12.8 Å². The number of aromatic nitrogens is 1. The molecule has 1 heterocycles. The number of anilines is 2. The van der Waals surface area contributed by atoms with Gasteiger partial charge in [-0.05, 0) is 30.3 Å². The third kappa shape index (κ3) is 2.50. The number of hydrogen-bond acceptors (Lipinski definition) is 4. The Balaban J connectivity index is 2.49. The van der Waals surface area contributed by atoms with Crippen LogP contribution in [0.1, 0.15) is 0 Å². The SMILES string of the molecule is CN(c1cccc(N)c1)S(=O)(=O)c1ncccc1F. The normalized spacial score (nSPS) is 11.3. The summed E-state index contributed by atoms with van der Waals surface area (Å²) in [7, 11) is -2.73. The molecule has 0 saturated heterocycles. The van der Waals surface area contributed by atoms with E-state index in [1.807, 2.05) is 0 Å². The summed E-state index contributed by atoms with van der Waals surface area (Å²) in [5.74, 6) is -0.891. The molecule has 0 radical (unpaired) electrons. The summed E-state index contributed by atoms with van der Waals surface area (Å²) in [6.45, 7) is 0. The Kier molecular flexibility index (Phi) is 3.39. The van der Waals surface area contributed by atoms with Gasteiger partial charge in [-0.1, -0.05) is 6.07 Å². The predicted molar refractivity (Wildman–Crippen MR) is 70.6 cm³/mol. The maximum absolute atomic E-state index is 13.5. The van der Waals surface area contributed by atoms with Gasteiger partial charge in [-0.3, -0.25) is 4.31 Å². The van der Waals surface area contributed by atoms with Crippen LogP contribution in [0.3, 0.4) is 0 Å². The average Bonchev–Trinajstić information content (AvgIpc) is 2.38. The highest BCUT2D eigenvalue weighted by Gasteiger charge is 2.26. The predicted octanol–water partition coefficient (Wildman–Crippen LogP) is 1.63. The molecule has 2 rings (SSSR count). The number of nitrogens with two attached hydrogens (primary N) is 1. The van der Waals surface area contributed by atoms with Crippen LogP contribution in [0.4, 0.5) is 15.8 Å². The molecule has 1 aromatic carbocycles. The van der Waals surface area contributed by atoms with Crippen LogP contribution < -0.4 is 10.0 Å². The van der Waals surface area contributed by atoms with Crippen LogP contribution in [0, 0.1) is 5.82 Å². The largest absolute Gasteiger partial charge is 0.399 e. The van der Waals surface area contributed by atoms with E-state index in [-0.39, 0.29) is 0 Å². The molecule has 0 bridgehead atoms. The zero-order valence-corrected chi connectivity index (χ0v) is 10.9. The maximum atomic E-state index is 13.5. The van der Waals surface area contributed by atoms with Crippen molar-refractivity contribution in [1.82, 2.24) is 4.98 Å². The van der Waals surface area contributed by atoms with E-state index in [0.717, 1.165) is 10.4 Å². The number of halogens is 1. The fraction of sp³-hybridized carbons (Fsp3) is 0.0833. The molecule has 7 heteroatoms. The van der Waals surface area contributed by atoms with Crippen LogP contribution in [-0.4, -0.2) is 20.4 Å². The van der Waals surface area contributed by atoms with Crippen LogP contribution in [0.15, 0.2) is 47.6 Å². The molecule has 100 valence electrons. The number of pyridine rings is 1. The lowest BCUT2D eigenvalue weighted by molar-refractivity contribution is 0.552. The monoisotopic (exact) mass is 281 g/mol. The fourth-order valence-electron chi connectivity index (χ4n) is 1.55. The number of nitrogens with zero attached hydrogens (tertiary/aromatic N) is 2. The molecule has 0 unspecified atom stereocenters. The molecule has 0 spiro atoms. The molecule has 19 heavy (non-hydrogen) atoms. The molecule has 0 amide bonds. The van der Waals surface area contributed by atoms with Gasteiger partial charge in [0.15, 0.2) is 5.82 Å². The zero-order chi connectivity index (χ0) is 14.0. The summed E-state index contributed by atoms with van der Waals surface area (Å²) in [6, 6.07) is 8.67. The second-order valence-electron chi connectivity index (χ2n) is 3.86. The smallest absolute Gasteiger partial charge is 0.284 e. The molecular formula is C12H12FN3O2S. The molecule has 5 nitrogen and oxygen atoms in total. The van der Waals surface area contributed by atoms with Crippen molar-refractivity contribution in [2.75, 3.05) is 17.1 Å². The molecule has 0 atom stereocenters. The van der Waals surface area contributed by atoms with Gasteiger partial charge in [-0.2, -0.15) is 8.42 Å². The number of hydrogen-bond donors (Lipinski definition) is 1. The van der Waals surface area contributed by atoms with Gasteiger partial charge in [0.2, 0.25) is 5.03 Å². The summed E-state index contributed by atoms with van der Waals surface area (Å²) in [5, 5.41) is -0.611. The first-order chi connectivity index (χ1) is 8.93. The Hall–Kier alpha value is -2.15. The Labute approximate surface area is 110 Å². The standard InChI is InChI=1S/C12H12FN3O2S/c1-16(10-5-2-4-9(14)8-10)19(17,18)12-11(13)6-3-7-15-12/h2-8H,14H2,1H3. The van der Waals surface area contributed by atoms with Crippen molar-refractivity contribution in [3.8, 4) is 0 Å². The highest BCUT2D eigenvalue weighted by atomic mass is 32.2. The summed E-state index contributed by atoms with van der Waals surface area (Å²) in [6.07, 6.45) is 1.23. The second-order valence-corrected chi connectivity index (χ2v) is 5.74. The maximum Gasteiger partial charge on any atom is 0.284 e. The topological polar surface area (TPSA) is 76.3 Å². The van der Waals surface area contributed by atoms with Crippen LogP contribution >= 0.6 is 0 Å². The first kappa shape index (κ1) is 13.3. The van der Waals surface area contributed by atoms with E-state index in [1.165, 1.54) is 25.4 Å². The van der Waals surface area contributed by atoms with Gasteiger partial charge in [0.1, 0.15) is 0 Å². The average molecular weight is 281 g/mol. The van der Waals surface area contributed by atoms with Gasteiger partial charge in [-0.15, -0.1) is 0 Å². The highest BCUT2D eigenvalue weighted by Crippen LogP contribution is 2.23. The first-order valence-corrected chi connectivity index (χ1v) is 6.82. The molecule has 2 aromatic rings.